The molecule has 3 aromatic rings. The van der Waals surface area contributed by atoms with Gasteiger partial charge in [0.05, 0.1) is 12.6 Å². The quantitative estimate of drug-likeness (QED) is 0.764. The molecule has 0 fully saturated rings. The summed E-state index contributed by atoms with van der Waals surface area (Å²) in [5.41, 5.74) is 6.59. The minimum atomic E-state index is 0.224. The molecule has 0 bridgehead atoms. The third-order valence-electron chi connectivity index (χ3n) is 4.63. The highest BCUT2D eigenvalue weighted by Gasteiger charge is 2.25. The van der Waals surface area contributed by atoms with Gasteiger partial charge in [-0.2, -0.15) is 0 Å². The fourth-order valence-electron chi connectivity index (χ4n) is 3.55. The van der Waals surface area contributed by atoms with Crippen LogP contribution < -0.4 is 10.1 Å². The van der Waals surface area contributed by atoms with E-state index in [2.05, 4.69) is 59.7 Å². The molecular weight excluding hydrogens is 284 g/mol. The van der Waals surface area contributed by atoms with Crippen LogP contribution in [0.15, 0.2) is 42.5 Å². The largest absolute Gasteiger partial charge is 0.494 e. The SMILES string of the molecule is CCOc1ccc(C2NCCc3c2[nH]c2ccc(C)cc32)cc1. The Balaban J connectivity index is 1.76. The number of aryl methyl sites for hydroxylation is 1. The van der Waals surface area contributed by atoms with Gasteiger partial charge in [-0.15, -0.1) is 0 Å². The number of hydrogen-bond donors (Lipinski definition) is 2. The van der Waals surface area contributed by atoms with Gasteiger partial charge >= 0.3 is 0 Å². The molecule has 23 heavy (non-hydrogen) atoms. The zero-order valence-corrected chi connectivity index (χ0v) is 13.6. The smallest absolute Gasteiger partial charge is 0.119 e. The Labute approximate surface area is 136 Å². The molecule has 0 saturated carbocycles. The van der Waals surface area contributed by atoms with E-state index < -0.39 is 0 Å². The van der Waals surface area contributed by atoms with Crippen molar-refractivity contribution in [3.05, 3.63) is 64.8 Å². The zero-order chi connectivity index (χ0) is 15.8. The molecule has 1 unspecified atom stereocenters. The van der Waals surface area contributed by atoms with Gasteiger partial charge in [0, 0.05) is 23.1 Å². The van der Waals surface area contributed by atoms with Gasteiger partial charge in [0.1, 0.15) is 5.75 Å². The summed E-state index contributed by atoms with van der Waals surface area (Å²) in [6.45, 7) is 5.87. The molecule has 2 heterocycles. The standard InChI is InChI=1S/C20H22N2O/c1-3-23-15-7-5-14(6-8-15)19-20-16(10-11-21-19)17-12-13(2)4-9-18(17)22-20/h4-9,12,19,21-22H,3,10-11H2,1-2H3. The zero-order valence-electron chi connectivity index (χ0n) is 13.6. The van der Waals surface area contributed by atoms with Crippen molar-refractivity contribution in [3.63, 3.8) is 0 Å². The number of fused-ring (bicyclic) bond motifs is 3. The number of nitrogens with one attached hydrogen (secondary N) is 2. The molecule has 0 aliphatic carbocycles. The van der Waals surface area contributed by atoms with E-state index in [4.69, 9.17) is 4.74 Å². The van der Waals surface area contributed by atoms with E-state index in [9.17, 15) is 0 Å². The first kappa shape index (κ1) is 14.3. The molecule has 1 aliphatic rings. The van der Waals surface area contributed by atoms with Crippen LogP contribution in [-0.2, 0) is 6.42 Å². The Morgan fingerprint density at radius 3 is 2.74 bits per heavy atom. The highest BCUT2D eigenvalue weighted by molar-refractivity contribution is 5.86. The minimum Gasteiger partial charge on any atom is -0.494 e. The fraction of sp³-hybridized carbons (Fsp3) is 0.300. The molecule has 0 radical (unpaired) electrons. The van der Waals surface area contributed by atoms with Crippen LogP contribution in [0.3, 0.4) is 0 Å². The molecule has 118 valence electrons. The molecule has 0 spiro atoms. The summed E-state index contributed by atoms with van der Waals surface area (Å²) in [6, 6.07) is 15.3. The second-order valence-electron chi connectivity index (χ2n) is 6.21. The van der Waals surface area contributed by atoms with Crippen molar-refractivity contribution >= 4 is 10.9 Å². The van der Waals surface area contributed by atoms with Crippen molar-refractivity contribution in [2.75, 3.05) is 13.2 Å². The molecule has 3 nitrogen and oxygen atoms in total. The molecule has 1 atom stereocenters. The summed E-state index contributed by atoms with van der Waals surface area (Å²) in [4.78, 5) is 3.64. The van der Waals surface area contributed by atoms with Crippen LogP contribution in [0.1, 0.15) is 35.3 Å². The maximum absolute atomic E-state index is 5.55. The number of hydrogen-bond acceptors (Lipinski definition) is 2. The second-order valence-corrected chi connectivity index (χ2v) is 6.21. The van der Waals surface area contributed by atoms with Crippen molar-refractivity contribution in [2.45, 2.75) is 26.3 Å². The Kier molecular flexibility index (Phi) is 3.58. The number of aromatic amines is 1. The molecule has 2 N–H and O–H groups in total. The van der Waals surface area contributed by atoms with E-state index in [1.807, 2.05) is 6.92 Å². The summed E-state index contributed by atoms with van der Waals surface area (Å²) in [6.07, 6.45) is 1.08. The van der Waals surface area contributed by atoms with E-state index in [1.165, 1.54) is 33.3 Å². The van der Waals surface area contributed by atoms with Crippen LogP contribution >= 0.6 is 0 Å². The Morgan fingerprint density at radius 1 is 1.13 bits per heavy atom. The van der Waals surface area contributed by atoms with Gasteiger partial charge in [0.15, 0.2) is 0 Å². The summed E-state index contributed by atoms with van der Waals surface area (Å²) in [5, 5.41) is 5.02. The normalized spacial score (nSPS) is 17.2. The third kappa shape index (κ3) is 2.51. The summed E-state index contributed by atoms with van der Waals surface area (Å²) in [5.74, 6) is 0.930. The lowest BCUT2D eigenvalue weighted by atomic mass is 9.94. The molecule has 0 amide bonds. The van der Waals surface area contributed by atoms with Crippen molar-refractivity contribution < 1.29 is 4.74 Å². The minimum absolute atomic E-state index is 0.224. The number of rotatable bonds is 3. The van der Waals surface area contributed by atoms with Crippen LogP contribution in [0.4, 0.5) is 0 Å². The predicted octanol–water partition coefficient (Wildman–Crippen LogP) is 4.11. The van der Waals surface area contributed by atoms with Crippen LogP contribution in [0.5, 0.6) is 5.75 Å². The van der Waals surface area contributed by atoms with Crippen molar-refractivity contribution in [2.24, 2.45) is 0 Å². The van der Waals surface area contributed by atoms with Crippen LogP contribution in [-0.4, -0.2) is 18.1 Å². The maximum Gasteiger partial charge on any atom is 0.119 e. The van der Waals surface area contributed by atoms with Gasteiger partial charge in [0.2, 0.25) is 0 Å². The van der Waals surface area contributed by atoms with E-state index in [1.54, 1.807) is 0 Å². The van der Waals surface area contributed by atoms with E-state index >= 15 is 0 Å². The first-order valence-electron chi connectivity index (χ1n) is 8.33. The maximum atomic E-state index is 5.55. The van der Waals surface area contributed by atoms with Gasteiger partial charge in [-0.3, -0.25) is 0 Å². The van der Waals surface area contributed by atoms with Gasteiger partial charge in [-0.25, -0.2) is 0 Å². The average Bonchev–Trinajstić information content (AvgIpc) is 2.94. The average molecular weight is 306 g/mol. The monoisotopic (exact) mass is 306 g/mol. The number of benzene rings is 2. The molecule has 0 saturated heterocycles. The van der Waals surface area contributed by atoms with Crippen molar-refractivity contribution in [3.8, 4) is 5.75 Å². The van der Waals surface area contributed by atoms with E-state index in [-0.39, 0.29) is 6.04 Å². The van der Waals surface area contributed by atoms with E-state index in [0.29, 0.717) is 6.61 Å². The van der Waals surface area contributed by atoms with Crippen LogP contribution in [0.2, 0.25) is 0 Å². The Morgan fingerprint density at radius 2 is 1.96 bits per heavy atom. The lowest BCUT2D eigenvalue weighted by Crippen LogP contribution is -2.30. The molecule has 1 aliphatic heterocycles. The highest BCUT2D eigenvalue weighted by Crippen LogP contribution is 2.34. The van der Waals surface area contributed by atoms with Crippen molar-refractivity contribution in [1.29, 1.82) is 0 Å². The summed E-state index contributed by atoms with van der Waals surface area (Å²) >= 11 is 0. The Bertz CT molecular complexity index is 833. The first-order valence-corrected chi connectivity index (χ1v) is 8.33. The number of H-pyrrole nitrogens is 1. The van der Waals surface area contributed by atoms with Gasteiger partial charge in [0.25, 0.3) is 0 Å². The fourth-order valence-corrected chi connectivity index (χ4v) is 3.55. The molecule has 4 rings (SSSR count). The molecular formula is C20H22N2O. The summed E-state index contributed by atoms with van der Waals surface area (Å²) in [7, 11) is 0. The topological polar surface area (TPSA) is 37.0 Å². The first-order chi connectivity index (χ1) is 11.3. The van der Waals surface area contributed by atoms with E-state index in [0.717, 1.165) is 18.7 Å². The number of ether oxygens (including phenoxy) is 1. The molecule has 1 aromatic heterocycles. The van der Waals surface area contributed by atoms with Gasteiger partial charge in [-0.05, 0) is 55.7 Å². The lowest BCUT2D eigenvalue weighted by molar-refractivity contribution is 0.340. The van der Waals surface area contributed by atoms with Crippen molar-refractivity contribution in [1.82, 2.24) is 10.3 Å². The second kappa shape index (κ2) is 5.74. The van der Waals surface area contributed by atoms with Crippen LogP contribution in [0, 0.1) is 6.92 Å². The Hall–Kier alpha value is -2.26. The highest BCUT2D eigenvalue weighted by atomic mass is 16.5. The number of aromatic nitrogens is 1. The molecule has 3 heteroatoms. The molecule has 2 aromatic carbocycles. The van der Waals surface area contributed by atoms with Gasteiger partial charge < -0.3 is 15.0 Å². The lowest BCUT2D eigenvalue weighted by Gasteiger charge is -2.25. The summed E-state index contributed by atoms with van der Waals surface area (Å²) < 4.78 is 5.55. The van der Waals surface area contributed by atoms with Crippen LogP contribution in [0.25, 0.3) is 10.9 Å². The van der Waals surface area contributed by atoms with Gasteiger partial charge in [-0.1, -0.05) is 23.8 Å². The predicted molar refractivity (Wildman–Crippen MR) is 94.2 cm³/mol. The third-order valence-corrected chi connectivity index (χ3v) is 4.63.